The Morgan fingerprint density at radius 3 is 2.85 bits per heavy atom. The lowest BCUT2D eigenvalue weighted by Gasteiger charge is -1.98. The number of nitrogens with one attached hydrogen (secondary N) is 1. The molecule has 0 unspecified atom stereocenters. The van der Waals surface area contributed by atoms with Crippen LogP contribution in [0.15, 0.2) is 23.0 Å². The molecule has 0 aliphatic carbocycles. The van der Waals surface area contributed by atoms with Crippen molar-refractivity contribution < 1.29 is 14.0 Å². The van der Waals surface area contributed by atoms with Crippen molar-refractivity contribution in [3.05, 3.63) is 24.2 Å². The van der Waals surface area contributed by atoms with Gasteiger partial charge in [-0.2, -0.15) is 0 Å². The fraction of sp³-hybridized carbons (Fsp3) is 0.333. The highest BCUT2D eigenvalue weighted by Gasteiger charge is 2.11. The minimum atomic E-state index is -0.256. The van der Waals surface area contributed by atoms with Crippen LogP contribution in [0.25, 0.3) is 0 Å². The van der Waals surface area contributed by atoms with Gasteiger partial charge in [0.05, 0.1) is 18.2 Å². The monoisotopic (exact) mass is 181 g/mol. The Morgan fingerprint density at radius 1 is 1.54 bits per heavy atom. The van der Waals surface area contributed by atoms with Gasteiger partial charge in [-0.15, -0.1) is 0 Å². The molecule has 13 heavy (non-hydrogen) atoms. The molecule has 0 atom stereocenters. The topological polar surface area (TPSA) is 59.3 Å². The first-order chi connectivity index (χ1) is 6.24. The van der Waals surface area contributed by atoms with Crippen LogP contribution in [0, 0.1) is 0 Å². The first kappa shape index (κ1) is 9.51. The fourth-order valence-corrected chi connectivity index (χ4v) is 0.931. The summed E-state index contributed by atoms with van der Waals surface area (Å²) in [7, 11) is 0. The van der Waals surface area contributed by atoms with E-state index >= 15 is 0 Å². The van der Waals surface area contributed by atoms with Crippen LogP contribution in [0.2, 0.25) is 0 Å². The van der Waals surface area contributed by atoms with Gasteiger partial charge in [0.25, 0.3) is 0 Å². The van der Waals surface area contributed by atoms with Crippen molar-refractivity contribution in [3.63, 3.8) is 0 Å². The lowest BCUT2D eigenvalue weighted by molar-refractivity contribution is -0.120. The molecule has 0 aliphatic heterocycles. The number of carbonyl (C=O) groups is 2. The van der Waals surface area contributed by atoms with E-state index in [9.17, 15) is 9.59 Å². The second-order valence-electron chi connectivity index (χ2n) is 2.57. The number of amides is 1. The summed E-state index contributed by atoms with van der Waals surface area (Å²) >= 11 is 0. The lowest BCUT2D eigenvalue weighted by Crippen LogP contribution is -2.25. The number of hydrogen-bond donors (Lipinski definition) is 1. The Bertz CT molecular complexity index is 290. The lowest BCUT2D eigenvalue weighted by atomic mass is 10.1. The third-order valence-corrected chi connectivity index (χ3v) is 1.54. The van der Waals surface area contributed by atoms with Crippen molar-refractivity contribution in [2.24, 2.45) is 0 Å². The smallest absolute Gasteiger partial charge is 0.227 e. The van der Waals surface area contributed by atoms with E-state index < -0.39 is 0 Å². The van der Waals surface area contributed by atoms with Crippen LogP contribution in [-0.4, -0.2) is 18.2 Å². The summed E-state index contributed by atoms with van der Waals surface area (Å²) in [5, 5.41) is 2.55. The molecule has 0 fully saturated rings. The summed E-state index contributed by atoms with van der Waals surface area (Å²) in [6.07, 6.45) is 2.62. The highest BCUT2D eigenvalue weighted by Crippen LogP contribution is 2.03. The summed E-state index contributed by atoms with van der Waals surface area (Å²) < 4.78 is 4.72. The van der Waals surface area contributed by atoms with Gasteiger partial charge < -0.3 is 9.73 Å². The normalized spacial score (nSPS) is 9.62. The molecule has 1 rings (SSSR count). The summed E-state index contributed by atoms with van der Waals surface area (Å²) in [5.41, 5.74) is 0.436. The highest BCUT2D eigenvalue weighted by atomic mass is 16.3. The van der Waals surface area contributed by atoms with Gasteiger partial charge in [-0.25, -0.2) is 0 Å². The zero-order chi connectivity index (χ0) is 9.68. The van der Waals surface area contributed by atoms with Crippen LogP contribution in [0.1, 0.15) is 23.7 Å². The van der Waals surface area contributed by atoms with Crippen molar-refractivity contribution in [1.29, 1.82) is 0 Å². The van der Waals surface area contributed by atoms with E-state index in [0.717, 1.165) is 0 Å². The first-order valence-corrected chi connectivity index (χ1v) is 4.06. The van der Waals surface area contributed by atoms with Gasteiger partial charge >= 0.3 is 0 Å². The summed E-state index contributed by atoms with van der Waals surface area (Å²) in [6, 6.07) is 1.54. The molecule has 1 heterocycles. The molecular weight excluding hydrogens is 170 g/mol. The number of furan rings is 1. The standard InChI is InChI=1S/C9H11NO3/c1-2-10-9(12)5-8(11)7-3-4-13-6-7/h3-4,6H,2,5H2,1H3,(H,10,12). The SMILES string of the molecule is CCNC(=O)CC(=O)c1ccoc1. The Hall–Kier alpha value is -1.58. The highest BCUT2D eigenvalue weighted by molar-refractivity contribution is 6.07. The van der Waals surface area contributed by atoms with Crippen LogP contribution in [0.4, 0.5) is 0 Å². The zero-order valence-corrected chi connectivity index (χ0v) is 7.37. The van der Waals surface area contributed by atoms with Crippen molar-refractivity contribution in [2.45, 2.75) is 13.3 Å². The van der Waals surface area contributed by atoms with Crippen molar-refractivity contribution in [1.82, 2.24) is 5.32 Å². The molecule has 70 valence electrons. The maximum atomic E-state index is 11.3. The molecule has 0 saturated carbocycles. The maximum absolute atomic E-state index is 11.3. The Labute approximate surface area is 75.9 Å². The summed E-state index contributed by atoms with van der Waals surface area (Å²) in [5.74, 6) is -0.478. The second-order valence-corrected chi connectivity index (χ2v) is 2.57. The van der Waals surface area contributed by atoms with Gasteiger partial charge in [-0.3, -0.25) is 9.59 Å². The largest absolute Gasteiger partial charge is 0.472 e. The Kier molecular flexibility index (Phi) is 3.25. The van der Waals surface area contributed by atoms with Crippen LogP contribution < -0.4 is 5.32 Å². The van der Waals surface area contributed by atoms with Gasteiger partial charge in [0, 0.05) is 6.54 Å². The van der Waals surface area contributed by atoms with Crippen LogP contribution in [0.3, 0.4) is 0 Å². The zero-order valence-electron chi connectivity index (χ0n) is 7.37. The molecule has 0 spiro atoms. The van der Waals surface area contributed by atoms with E-state index in [1.54, 1.807) is 13.0 Å². The fourth-order valence-electron chi connectivity index (χ4n) is 0.931. The van der Waals surface area contributed by atoms with Crippen LogP contribution >= 0.6 is 0 Å². The van der Waals surface area contributed by atoms with Gasteiger partial charge in [-0.05, 0) is 13.0 Å². The quantitative estimate of drug-likeness (QED) is 0.556. The third-order valence-electron chi connectivity index (χ3n) is 1.54. The predicted octanol–water partition coefficient (Wildman–Crippen LogP) is 0.989. The van der Waals surface area contributed by atoms with E-state index in [1.165, 1.54) is 12.5 Å². The van der Waals surface area contributed by atoms with Gasteiger partial charge in [0.2, 0.25) is 5.91 Å². The molecule has 0 saturated heterocycles. The number of hydrogen-bond acceptors (Lipinski definition) is 3. The molecule has 4 heteroatoms. The van der Waals surface area contributed by atoms with E-state index in [0.29, 0.717) is 12.1 Å². The van der Waals surface area contributed by atoms with Crippen LogP contribution in [0.5, 0.6) is 0 Å². The average molecular weight is 181 g/mol. The molecule has 0 bridgehead atoms. The van der Waals surface area contributed by atoms with E-state index in [2.05, 4.69) is 5.32 Å². The van der Waals surface area contributed by atoms with Crippen molar-refractivity contribution in [2.75, 3.05) is 6.54 Å². The average Bonchev–Trinajstić information content (AvgIpc) is 2.55. The molecule has 1 amide bonds. The number of Topliss-reactive ketones (excluding diaryl/α,β-unsaturated/α-hetero) is 1. The van der Waals surface area contributed by atoms with Gasteiger partial charge in [-0.1, -0.05) is 0 Å². The maximum Gasteiger partial charge on any atom is 0.227 e. The van der Waals surface area contributed by atoms with Crippen molar-refractivity contribution >= 4 is 11.7 Å². The van der Waals surface area contributed by atoms with E-state index in [1.807, 2.05) is 0 Å². The third kappa shape index (κ3) is 2.74. The minimum absolute atomic E-state index is 0.118. The predicted molar refractivity (Wildman–Crippen MR) is 46.3 cm³/mol. The minimum Gasteiger partial charge on any atom is -0.472 e. The Balaban J connectivity index is 2.47. The van der Waals surface area contributed by atoms with Crippen molar-refractivity contribution in [3.8, 4) is 0 Å². The second kappa shape index (κ2) is 4.45. The van der Waals surface area contributed by atoms with E-state index in [-0.39, 0.29) is 18.1 Å². The molecule has 4 nitrogen and oxygen atoms in total. The number of carbonyl (C=O) groups excluding carboxylic acids is 2. The Morgan fingerprint density at radius 2 is 2.31 bits per heavy atom. The number of rotatable bonds is 4. The molecule has 0 radical (unpaired) electrons. The molecule has 1 aromatic heterocycles. The van der Waals surface area contributed by atoms with Gasteiger partial charge in [0.15, 0.2) is 5.78 Å². The van der Waals surface area contributed by atoms with E-state index in [4.69, 9.17) is 4.42 Å². The molecule has 1 aromatic rings. The molecular formula is C9H11NO3. The van der Waals surface area contributed by atoms with Gasteiger partial charge in [0.1, 0.15) is 6.26 Å². The molecule has 0 aliphatic rings. The summed E-state index contributed by atoms with van der Waals surface area (Å²) in [6.45, 7) is 2.34. The van der Waals surface area contributed by atoms with Crippen LogP contribution in [-0.2, 0) is 4.79 Å². The molecule has 1 N–H and O–H groups in total. The first-order valence-electron chi connectivity index (χ1n) is 4.06. The number of ketones is 1. The summed E-state index contributed by atoms with van der Waals surface area (Å²) in [4.78, 5) is 22.3. The molecule has 0 aromatic carbocycles.